The molecule has 1 aliphatic heterocycles. The SMILES string of the molecule is O=C(c1cc(F)cc(F)c1)N1CCC(NS(=O)(=O)c2ccccc2)CC1. The molecule has 8 heteroatoms. The second-order valence-corrected chi connectivity index (χ2v) is 7.87. The number of carbonyl (C=O) groups is 1. The van der Waals surface area contributed by atoms with Gasteiger partial charge in [0.1, 0.15) is 11.6 Å². The summed E-state index contributed by atoms with van der Waals surface area (Å²) in [5.41, 5.74) is -0.0502. The number of nitrogens with zero attached hydrogens (tertiary/aromatic N) is 1. The van der Waals surface area contributed by atoms with Crippen LogP contribution >= 0.6 is 0 Å². The molecular formula is C18H18F2N2O3S. The summed E-state index contributed by atoms with van der Waals surface area (Å²) in [6.07, 6.45) is 0.852. The van der Waals surface area contributed by atoms with Crippen molar-refractivity contribution >= 4 is 15.9 Å². The minimum atomic E-state index is -3.61. The first-order chi connectivity index (χ1) is 12.3. The molecule has 5 nitrogen and oxygen atoms in total. The van der Waals surface area contributed by atoms with Crippen LogP contribution in [-0.2, 0) is 10.0 Å². The normalized spacial score (nSPS) is 15.8. The number of hydrogen-bond donors (Lipinski definition) is 1. The van der Waals surface area contributed by atoms with Crippen LogP contribution in [0.2, 0.25) is 0 Å². The van der Waals surface area contributed by atoms with E-state index in [-0.39, 0.29) is 16.5 Å². The highest BCUT2D eigenvalue weighted by atomic mass is 32.2. The van der Waals surface area contributed by atoms with E-state index in [0.717, 1.165) is 12.1 Å². The van der Waals surface area contributed by atoms with Gasteiger partial charge in [0, 0.05) is 30.8 Å². The van der Waals surface area contributed by atoms with Gasteiger partial charge in [0.05, 0.1) is 4.90 Å². The Kier molecular flexibility index (Phi) is 5.33. The van der Waals surface area contributed by atoms with E-state index in [1.807, 2.05) is 0 Å². The van der Waals surface area contributed by atoms with E-state index in [1.165, 1.54) is 17.0 Å². The summed E-state index contributed by atoms with van der Waals surface area (Å²) in [5, 5.41) is 0. The molecule has 2 aromatic rings. The van der Waals surface area contributed by atoms with E-state index in [1.54, 1.807) is 18.2 Å². The van der Waals surface area contributed by atoms with Crippen LogP contribution in [-0.4, -0.2) is 38.4 Å². The zero-order valence-electron chi connectivity index (χ0n) is 13.9. The van der Waals surface area contributed by atoms with Gasteiger partial charge in [-0.05, 0) is 37.1 Å². The molecule has 0 radical (unpaired) electrons. The second kappa shape index (κ2) is 7.51. The number of likely N-dealkylation sites (tertiary alicyclic amines) is 1. The van der Waals surface area contributed by atoms with Crippen molar-refractivity contribution in [2.24, 2.45) is 0 Å². The molecule has 0 aromatic heterocycles. The number of halogens is 2. The van der Waals surface area contributed by atoms with Gasteiger partial charge in [-0.1, -0.05) is 18.2 Å². The van der Waals surface area contributed by atoms with Crippen LogP contribution in [0.3, 0.4) is 0 Å². The first kappa shape index (κ1) is 18.5. The molecule has 3 rings (SSSR count). The lowest BCUT2D eigenvalue weighted by Crippen LogP contribution is -2.46. The van der Waals surface area contributed by atoms with Gasteiger partial charge in [-0.3, -0.25) is 4.79 Å². The molecule has 138 valence electrons. The molecule has 0 saturated carbocycles. The summed E-state index contributed by atoms with van der Waals surface area (Å²) >= 11 is 0. The van der Waals surface area contributed by atoms with Gasteiger partial charge in [-0.2, -0.15) is 0 Å². The topological polar surface area (TPSA) is 66.5 Å². The fourth-order valence-corrected chi connectivity index (χ4v) is 4.27. The van der Waals surface area contributed by atoms with Crippen molar-refractivity contribution in [3.8, 4) is 0 Å². The summed E-state index contributed by atoms with van der Waals surface area (Å²) in [6.45, 7) is 0.609. The minimum Gasteiger partial charge on any atom is -0.339 e. The number of nitrogens with one attached hydrogen (secondary N) is 1. The molecule has 26 heavy (non-hydrogen) atoms. The average Bonchev–Trinajstić information content (AvgIpc) is 2.61. The summed E-state index contributed by atoms with van der Waals surface area (Å²) in [6, 6.07) is 10.5. The number of rotatable bonds is 4. The number of piperidine rings is 1. The highest BCUT2D eigenvalue weighted by Gasteiger charge is 2.27. The third-order valence-electron chi connectivity index (χ3n) is 4.27. The molecule has 1 saturated heterocycles. The Bertz CT molecular complexity index is 876. The molecule has 1 heterocycles. The lowest BCUT2D eigenvalue weighted by Gasteiger charge is -2.32. The zero-order chi connectivity index (χ0) is 18.7. The molecule has 1 amide bonds. The zero-order valence-corrected chi connectivity index (χ0v) is 14.7. The monoisotopic (exact) mass is 380 g/mol. The second-order valence-electron chi connectivity index (χ2n) is 6.16. The smallest absolute Gasteiger partial charge is 0.254 e. The van der Waals surface area contributed by atoms with Gasteiger partial charge < -0.3 is 4.90 Å². The van der Waals surface area contributed by atoms with Crippen LogP contribution in [0.4, 0.5) is 8.78 Å². The number of sulfonamides is 1. The Hall–Kier alpha value is -2.32. The molecule has 0 spiro atoms. The van der Waals surface area contributed by atoms with Crippen molar-refractivity contribution in [2.75, 3.05) is 13.1 Å². The number of carbonyl (C=O) groups excluding carboxylic acids is 1. The third kappa shape index (κ3) is 4.25. The largest absolute Gasteiger partial charge is 0.339 e. The molecule has 1 N–H and O–H groups in total. The van der Waals surface area contributed by atoms with Crippen LogP contribution in [0, 0.1) is 11.6 Å². The first-order valence-corrected chi connectivity index (χ1v) is 9.66. The van der Waals surface area contributed by atoms with Gasteiger partial charge in [0.15, 0.2) is 0 Å². The van der Waals surface area contributed by atoms with Crippen LogP contribution in [0.5, 0.6) is 0 Å². The number of amides is 1. The summed E-state index contributed by atoms with van der Waals surface area (Å²) < 4.78 is 53.9. The maximum Gasteiger partial charge on any atom is 0.254 e. The van der Waals surface area contributed by atoms with Crippen LogP contribution in [0.1, 0.15) is 23.2 Å². The molecular weight excluding hydrogens is 362 g/mol. The quantitative estimate of drug-likeness (QED) is 0.887. The molecule has 1 aliphatic rings. The highest BCUT2D eigenvalue weighted by molar-refractivity contribution is 7.89. The summed E-state index contributed by atoms with van der Waals surface area (Å²) in [4.78, 5) is 14.0. The lowest BCUT2D eigenvalue weighted by molar-refractivity contribution is 0.0710. The predicted molar refractivity (Wildman–Crippen MR) is 92.0 cm³/mol. The summed E-state index contributed by atoms with van der Waals surface area (Å²) in [7, 11) is -3.61. The Labute approximate surface area is 150 Å². The van der Waals surface area contributed by atoms with E-state index in [4.69, 9.17) is 0 Å². The Morgan fingerprint density at radius 2 is 1.58 bits per heavy atom. The predicted octanol–water partition coefficient (Wildman–Crippen LogP) is 2.55. The van der Waals surface area contributed by atoms with Gasteiger partial charge >= 0.3 is 0 Å². The van der Waals surface area contributed by atoms with Gasteiger partial charge in [-0.15, -0.1) is 0 Å². The maximum atomic E-state index is 13.3. The Morgan fingerprint density at radius 1 is 1.00 bits per heavy atom. The van der Waals surface area contributed by atoms with Crippen LogP contribution < -0.4 is 4.72 Å². The number of benzene rings is 2. The number of hydrogen-bond acceptors (Lipinski definition) is 3. The van der Waals surface area contributed by atoms with Gasteiger partial charge in [-0.25, -0.2) is 21.9 Å². The highest BCUT2D eigenvalue weighted by Crippen LogP contribution is 2.18. The van der Waals surface area contributed by atoms with Crippen molar-refractivity contribution in [2.45, 2.75) is 23.8 Å². The third-order valence-corrected chi connectivity index (χ3v) is 5.80. The average molecular weight is 380 g/mol. The van der Waals surface area contributed by atoms with Crippen molar-refractivity contribution in [1.82, 2.24) is 9.62 Å². The lowest BCUT2D eigenvalue weighted by atomic mass is 10.0. The standard InChI is InChI=1S/C18H18F2N2O3S/c19-14-10-13(11-15(20)12-14)18(23)22-8-6-16(7-9-22)21-26(24,25)17-4-2-1-3-5-17/h1-5,10-12,16,21H,6-9H2. The Morgan fingerprint density at radius 3 is 2.15 bits per heavy atom. The van der Waals surface area contributed by atoms with Gasteiger partial charge in [0.2, 0.25) is 10.0 Å². The summed E-state index contributed by atoms with van der Waals surface area (Å²) in [5.74, 6) is -2.08. The molecule has 0 unspecified atom stereocenters. The molecule has 0 atom stereocenters. The van der Waals surface area contributed by atoms with E-state index in [2.05, 4.69) is 4.72 Å². The van der Waals surface area contributed by atoms with Crippen LogP contribution in [0.15, 0.2) is 53.4 Å². The van der Waals surface area contributed by atoms with E-state index < -0.39 is 27.6 Å². The molecule has 0 bridgehead atoms. The van der Waals surface area contributed by atoms with Crippen molar-refractivity contribution in [3.05, 3.63) is 65.7 Å². The van der Waals surface area contributed by atoms with E-state index >= 15 is 0 Å². The van der Waals surface area contributed by atoms with Gasteiger partial charge in [0.25, 0.3) is 5.91 Å². The van der Waals surface area contributed by atoms with Crippen molar-refractivity contribution in [1.29, 1.82) is 0 Å². The Balaban J connectivity index is 1.61. The fourth-order valence-electron chi connectivity index (χ4n) is 2.95. The molecule has 0 aliphatic carbocycles. The van der Waals surface area contributed by atoms with Crippen molar-refractivity contribution < 1.29 is 22.0 Å². The maximum absolute atomic E-state index is 13.3. The van der Waals surface area contributed by atoms with Crippen molar-refractivity contribution in [3.63, 3.8) is 0 Å². The van der Waals surface area contributed by atoms with Crippen LogP contribution in [0.25, 0.3) is 0 Å². The fraction of sp³-hybridized carbons (Fsp3) is 0.278. The van der Waals surface area contributed by atoms with E-state index in [9.17, 15) is 22.0 Å². The van der Waals surface area contributed by atoms with E-state index in [0.29, 0.717) is 32.0 Å². The minimum absolute atomic E-state index is 0.0502. The molecule has 2 aromatic carbocycles. The molecule has 1 fully saturated rings. The first-order valence-electron chi connectivity index (χ1n) is 8.18.